The summed E-state index contributed by atoms with van der Waals surface area (Å²) in [6.45, 7) is 0.677. The average molecular weight is 449 g/mol. The predicted molar refractivity (Wildman–Crippen MR) is 108 cm³/mol. The molecule has 1 heterocycles. The van der Waals surface area contributed by atoms with Crippen molar-refractivity contribution in [2.24, 2.45) is 0 Å². The lowest BCUT2D eigenvalue weighted by molar-refractivity contribution is 0.301. The number of hydrogen-bond acceptors (Lipinski definition) is 4. The Balaban J connectivity index is 1.71. The average Bonchev–Trinajstić information content (AvgIpc) is 2.61. The number of benzene rings is 2. The van der Waals surface area contributed by atoms with Gasteiger partial charge in [0.2, 0.25) is 0 Å². The molecule has 0 bridgehead atoms. The van der Waals surface area contributed by atoms with Crippen LogP contribution in [0, 0.1) is 0 Å². The monoisotopic (exact) mass is 447 g/mol. The molecule has 0 atom stereocenters. The molecule has 9 heteroatoms. The van der Waals surface area contributed by atoms with Crippen LogP contribution in [0.25, 0.3) is 10.9 Å². The Morgan fingerprint density at radius 1 is 1.00 bits per heavy atom. The Labute approximate surface area is 174 Å². The second-order valence-corrected chi connectivity index (χ2v) is 7.33. The van der Waals surface area contributed by atoms with Gasteiger partial charge in [-0.05, 0) is 37.1 Å². The van der Waals surface area contributed by atoms with Gasteiger partial charge in [-0.3, -0.25) is 4.57 Å². The van der Waals surface area contributed by atoms with Gasteiger partial charge < -0.3 is 9.15 Å². The highest BCUT2D eigenvalue weighted by molar-refractivity contribution is 6.43. The van der Waals surface area contributed by atoms with Crippen LogP contribution in [0.1, 0.15) is 12.8 Å². The number of aryl methyl sites for hydroxylation is 1. The molecule has 0 aliphatic rings. The van der Waals surface area contributed by atoms with Gasteiger partial charge >= 0.3 is 11.4 Å². The molecule has 2 aromatic carbocycles. The Kier molecular flexibility index (Phi) is 6.37. The molecule has 3 rings (SSSR count). The summed E-state index contributed by atoms with van der Waals surface area (Å²) in [7, 11) is 0. The van der Waals surface area contributed by atoms with Crippen molar-refractivity contribution in [2.45, 2.75) is 19.4 Å². The first-order valence-corrected chi connectivity index (χ1v) is 9.49. The third kappa shape index (κ3) is 4.43. The summed E-state index contributed by atoms with van der Waals surface area (Å²) in [4.78, 5) is 24.0. The molecular formula is C18H13Cl4NO4. The molecular weight excluding hydrogens is 436 g/mol. The van der Waals surface area contributed by atoms with Crippen molar-refractivity contribution in [3.63, 3.8) is 0 Å². The van der Waals surface area contributed by atoms with Crippen molar-refractivity contribution >= 4 is 57.3 Å². The maximum atomic E-state index is 12.1. The van der Waals surface area contributed by atoms with Crippen LogP contribution in [0.5, 0.6) is 5.75 Å². The number of aromatic nitrogens is 1. The summed E-state index contributed by atoms with van der Waals surface area (Å²) in [6, 6.07) is 8.04. The minimum atomic E-state index is -0.769. The van der Waals surface area contributed by atoms with E-state index in [1.54, 1.807) is 18.2 Å². The van der Waals surface area contributed by atoms with Gasteiger partial charge in [0, 0.05) is 11.6 Å². The molecule has 0 unspecified atom stereocenters. The zero-order chi connectivity index (χ0) is 19.6. The van der Waals surface area contributed by atoms with E-state index in [1.807, 2.05) is 0 Å². The quantitative estimate of drug-likeness (QED) is 0.472. The largest absolute Gasteiger partial charge is 0.492 e. The van der Waals surface area contributed by atoms with Crippen molar-refractivity contribution in [3.8, 4) is 5.75 Å². The van der Waals surface area contributed by atoms with Crippen LogP contribution in [-0.2, 0) is 6.54 Å². The summed E-state index contributed by atoms with van der Waals surface area (Å²) in [6.07, 6.45) is 1.21. The maximum Gasteiger partial charge on any atom is 0.422 e. The van der Waals surface area contributed by atoms with Gasteiger partial charge in [0.15, 0.2) is 0 Å². The Hall–Kier alpha value is -1.66. The van der Waals surface area contributed by atoms with E-state index >= 15 is 0 Å². The lowest BCUT2D eigenvalue weighted by Gasteiger charge is -2.11. The highest BCUT2D eigenvalue weighted by Crippen LogP contribution is 2.31. The van der Waals surface area contributed by atoms with E-state index in [9.17, 15) is 9.59 Å². The van der Waals surface area contributed by atoms with Gasteiger partial charge in [-0.2, -0.15) is 0 Å². The van der Waals surface area contributed by atoms with Crippen molar-refractivity contribution in [1.29, 1.82) is 0 Å². The zero-order valence-corrected chi connectivity index (χ0v) is 16.8. The SMILES string of the molecule is O=c1oc(=O)n(CCCCOc2cccc(Cl)c2Cl)c2c(Cl)cc(Cl)cc12. The molecule has 5 nitrogen and oxygen atoms in total. The minimum absolute atomic E-state index is 0.161. The van der Waals surface area contributed by atoms with Crippen LogP contribution >= 0.6 is 46.4 Å². The van der Waals surface area contributed by atoms with Gasteiger partial charge in [-0.1, -0.05) is 52.5 Å². The molecule has 0 amide bonds. The molecule has 0 radical (unpaired) electrons. The highest BCUT2D eigenvalue weighted by Gasteiger charge is 2.14. The number of fused-ring (bicyclic) bond motifs is 1. The number of ether oxygens (including phenoxy) is 1. The Bertz CT molecular complexity index is 1110. The van der Waals surface area contributed by atoms with Crippen LogP contribution in [-0.4, -0.2) is 11.2 Å². The molecule has 0 saturated carbocycles. The van der Waals surface area contributed by atoms with Crippen molar-refractivity contribution < 1.29 is 9.15 Å². The number of rotatable bonds is 6. The Morgan fingerprint density at radius 3 is 2.56 bits per heavy atom. The molecule has 0 N–H and O–H groups in total. The number of halogens is 4. The third-order valence-corrected chi connectivity index (χ3v) is 5.18. The van der Waals surface area contributed by atoms with E-state index in [-0.39, 0.29) is 15.4 Å². The van der Waals surface area contributed by atoms with Crippen molar-refractivity contribution in [2.75, 3.05) is 6.61 Å². The fourth-order valence-electron chi connectivity index (χ4n) is 2.63. The zero-order valence-electron chi connectivity index (χ0n) is 13.8. The maximum absolute atomic E-state index is 12.1. The third-order valence-electron chi connectivity index (χ3n) is 3.87. The standard InChI is InChI=1S/C18H13Cl4NO4/c19-10-8-11-16(13(21)9-10)23(18(25)27-17(11)24)6-1-2-7-26-14-5-3-4-12(20)15(14)22/h3-5,8-9H,1-2,6-7H2. The fourth-order valence-corrected chi connectivity index (χ4v) is 3.57. The second kappa shape index (κ2) is 8.57. The van der Waals surface area contributed by atoms with Gasteiger partial charge in [0.25, 0.3) is 0 Å². The highest BCUT2D eigenvalue weighted by atomic mass is 35.5. The molecule has 0 aliphatic heterocycles. The lowest BCUT2D eigenvalue weighted by Crippen LogP contribution is -2.25. The van der Waals surface area contributed by atoms with E-state index in [1.165, 1.54) is 16.7 Å². The van der Waals surface area contributed by atoms with Crippen molar-refractivity contribution in [1.82, 2.24) is 4.57 Å². The Morgan fingerprint density at radius 2 is 1.78 bits per heavy atom. The number of nitrogens with zero attached hydrogens (tertiary/aromatic N) is 1. The lowest BCUT2D eigenvalue weighted by atomic mass is 10.2. The molecule has 27 heavy (non-hydrogen) atoms. The summed E-state index contributed by atoms with van der Waals surface area (Å²) in [5.74, 6) is -0.272. The fraction of sp³-hybridized carbons (Fsp3) is 0.222. The van der Waals surface area contributed by atoms with Gasteiger partial charge in [-0.15, -0.1) is 0 Å². The molecule has 0 saturated heterocycles. The van der Waals surface area contributed by atoms with Crippen LogP contribution in [0.2, 0.25) is 20.1 Å². The van der Waals surface area contributed by atoms with E-state index in [0.29, 0.717) is 47.3 Å². The first-order valence-electron chi connectivity index (χ1n) is 7.98. The number of unbranched alkanes of at least 4 members (excludes halogenated alkanes) is 1. The second-order valence-electron chi connectivity index (χ2n) is 5.70. The summed E-state index contributed by atoms with van der Waals surface area (Å²) in [5.41, 5.74) is -0.462. The van der Waals surface area contributed by atoms with Crippen LogP contribution in [0.15, 0.2) is 44.3 Å². The first kappa shape index (κ1) is 20.1. The molecule has 0 spiro atoms. The molecule has 3 aromatic rings. The molecule has 1 aromatic heterocycles. The molecule has 142 valence electrons. The smallest absolute Gasteiger partial charge is 0.422 e. The van der Waals surface area contributed by atoms with Gasteiger partial charge in [0.1, 0.15) is 10.8 Å². The summed E-state index contributed by atoms with van der Waals surface area (Å²) >= 11 is 24.1. The molecule has 0 fully saturated rings. The summed E-state index contributed by atoms with van der Waals surface area (Å²) in [5, 5.41) is 1.44. The van der Waals surface area contributed by atoms with Crippen LogP contribution in [0.4, 0.5) is 0 Å². The topological polar surface area (TPSA) is 61.4 Å². The van der Waals surface area contributed by atoms with E-state index in [2.05, 4.69) is 0 Å². The van der Waals surface area contributed by atoms with Gasteiger partial charge in [0.05, 0.1) is 27.6 Å². The van der Waals surface area contributed by atoms with E-state index in [4.69, 9.17) is 55.6 Å². The normalized spacial score (nSPS) is 11.1. The van der Waals surface area contributed by atoms with E-state index < -0.39 is 11.4 Å². The van der Waals surface area contributed by atoms with E-state index in [0.717, 1.165) is 0 Å². The van der Waals surface area contributed by atoms with Crippen LogP contribution in [0.3, 0.4) is 0 Å². The molecule has 0 aliphatic carbocycles. The summed E-state index contributed by atoms with van der Waals surface area (Å²) < 4.78 is 11.7. The minimum Gasteiger partial charge on any atom is -0.492 e. The van der Waals surface area contributed by atoms with Crippen LogP contribution < -0.4 is 16.1 Å². The van der Waals surface area contributed by atoms with Gasteiger partial charge in [-0.25, -0.2) is 9.59 Å². The predicted octanol–water partition coefficient (Wildman–Crippen LogP) is 5.43. The number of hydrogen-bond donors (Lipinski definition) is 0. The first-order chi connectivity index (χ1) is 12.9. The van der Waals surface area contributed by atoms with Crippen molar-refractivity contribution in [3.05, 3.63) is 71.4 Å².